The largest absolute Gasteiger partial charge is 0.397 e. The highest BCUT2D eigenvalue weighted by molar-refractivity contribution is 7.83. The Morgan fingerprint density at radius 2 is 0.396 bits per heavy atom. The smallest absolute Gasteiger partial charge is 0.344 e. The molecule has 72 heteroatoms. The van der Waals surface area contributed by atoms with Crippen LogP contribution in [0.5, 0.6) is 0 Å². The van der Waals surface area contributed by atoms with E-state index in [1.807, 2.05) is 0 Å². The van der Waals surface area contributed by atoms with Crippen LogP contribution < -0.4 is 0 Å². The van der Waals surface area contributed by atoms with E-state index >= 15 is 0 Å². The molecule has 4 aliphatic rings. The van der Waals surface area contributed by atoms with Gasteiger partial charge in [-0.05, 0) is 6.92 Å². The molecule has 0 saturated carbocycles. The molecule has 0 aromatic carbocycles. The fourth-order valence-corrected chi connectivity index (χ4v) is 14.1. The molecule has 0 unspecified atom stereocenters. The summed E-state index contributed by atoms with van der Waals surface area (Å²) in [4.78, 5) is 0. The second-order valence-electron chi connectivity index (χ2n) is 17.7. The summed E-state index contributed by atoms with van der Waals surface area (Å²) in [5.74, 6) is 0. The van der Waals surface area contributed by atoms with E-state index in [2.05, 4.69) is 54.4 Å². The Kier molecular flexibility index (Phi) is 28.1. The van der Waals surface area contributed by atoms with Gasteiger partial charge in [-0.3, -0.25) is 59.2 Å². The molecule has 0 spiro atoms. The average molecular weight is 1690 g/mol. The van der Waals surface area contributed by atoms with Gasteiger partial charge < -0.3 is 33.2 Å². The molecule has 4 fully saturated rings. The van der Waals surface area contributed by atoms with E-state index in [4.69, 9.17) is 33.2 Å². The van der Waals surface area contributed by atoms with Crippen LogP contribution in [0.25, 0.3) is 0 Å². The van der Waals surface area contributed by atoms with Crippen molar-refractivity contribution in [3.05, 3.63) is 0 Å². The van der Waals surface area contributed by atoms with Crippen molar-refractivity contribution in [1.82, 2.24) is 0 Å². The summed E-state index contributed by atoms with van der Waals surface area (Å²) in [6.45, 7) is -6.33. The molecule has 20 atom stereocenters. The van der Waals surface area contributed by atoms with E-state index in [1.165, 1.54) is 0 Å². The normalized spacial score (nSPS) is 33.4. The molecule has 59 nitrogen and oxygen atoms in total. The Morgan fingerprint density at radius 3 is 0.635 bits per heavy atom. The maximum atomic E-state index is 12.7. The predicted octanol–water partition coefficient (Wildman–Crippen LogP) is -11.0. The van der Waals surface area contributed by atoms with Gasteiger partial charge in [-0.25, -0.2) is 54.4 Å². The second-order valence-corrected chi connectivity index (χ2v) is 31.5. The fourth-order valence-electron chi connectivity index (χ4n) is 8.18. The molecule has 0 amide bonds. The zero-order chi connectivity index (χ0) is 74.3. The van der Waals surface area contributed by atoms with Crippen molar-refractivity contribution in [3.8, 4) is 0 Å². The predicted molar refractivity (Wildman–Crippen MR) is 268 cm³/mol. The standard InChI is InChI=1S/C24H42O59S13/c1-5-9(74-87(34,35)36)13(76-89(40,41)42)17(80-93(52,53)54)21(67-5)71-10-6(2-64-84(25,26)27)68-22(18(81-94(55,56)57)14(10)77-90(43,44)45)72-11-7(3-65-85(28,29)30)69-23(19(82-95(58,59)60)15(11)78-91(46,47)48)73-24-20(83-96(61,62)63)16(79-92(49,50)51)12(75-88(37,38)39)8(70-24)4-66-86(31,32)33/h5-24H,2-4H2,1H3,(H,25,26,27)(H,28,29,30)(H,31,32,33)(H,34,35,36)(H,37,38,39)(H,40,41,42)(H,43,44,45)(H,46,47,48)(H,49,50,51)(H,52,53,54)(H,55,56,57)(H,58,59,60)(H,61,62,63)/t5-,6-,7-,8-,9-,10-,11-,12-,13+,14+,15+,16+,17-,18-,19-,20-,21-,22+,23-,24-/m1/s1. The van der Waals surface area contributed by atoms with Crippen LogP contribution in [0.4, 0.5) is 0 Å². The summed E-state index contributed by atoms with van der Waals surface area (Å²) in [5, 5.41) is 0. The Bertz CT molecular complexity index is 4300. The highest BCUT2D eigenvalue weighted by Crippen LogP contribution is 2.41. The number of rotatable bonds is 35. The van der Waals surface area contributed by atoms with Gasteiger partial charge in [-0.2, -0.15) is 109 Å². The molecular formula is C24H42O59S13. The van der Waals surface area contributed by atoms with Crippen molar-refractivity contribution in [2.24, 2.45) is 0 Å². The Morgan fingerprint density at radius 1 is 0.219 bits per heavy atom. The van der Waals surface area contributed by atoms with E-state index in [1.54, 1.807) is 0 Å². The van der Waals surface area contributed by atoms with Crippen LogP contribution in [-0.2, 0) is 223 Å². The van der Waals surface area contributed by atoms with Crippen molar-refractivity contribution in [2.75, 3.05) is 19.8 Å². The molecule has 4 saturated heterocycles. The lowest BCUT2D eigenvalue weighted by molar-refractivity contribution is -0.387. The van der Waals surface area contributed by atoms with E-state index in [0.29, 0.717) is 6.92 Å². The van der Waals surface area contributed by atoms with E-state index in [9.17, 15) is 169 Å². The Hall–Kier alpha value is -1.97. The van der Waals surface area contributed by atoms with Gasteiger partial charge in [0.2, 0.25) is 0 Å². The lowest BCUT2D eigenvalue weighted by Crippen LogP contribution is -2.69. The van der Waals surface area contributed by atoms with Gasteiger partial charge in [0.1, 0.15) is 67.1 Å². The monoisotopic (exact) mass is 1690 g/mol. The molecule has 0 bridgehead atoms. The molecule has 4 heterocycles. The third kappa shape index (κ3) is 30.5. The maximum Gasteiger partial charge on any atom is 0.397 e. The first kappa shape index (κ1) is 86.4. The molecule has 0 aromatic rings. The van der Waals surface area contributed by atoms with Gasteiger partial charge in [0.05, 0.1) is 25.9 Å². The molecular weight excluding hydrogens is 1650 g/mol. The zero-order valence-electron chi connectivity index (χ0n) is 44.6. The van der Waals surface area contributed by atoms with E-state index < -0.39 is 278 Å². The van der Waals surface area contributed by atoms with Gasteiger partial charge in [-0.15, -0.1) is 0 Å². The van der Waals surface area contributed by atoms with E-state index in [-0.39, 0.29) is 0 Å². The second kappa shape index (κ2) is 31.2. The van der Waals surface area contributed by atoms with Crippen molar-refractivity contribution < 1.29 is 256 Å². The van der Waals surface area contributed by atoms with Crippen LogP contribution in [-0.4, -0.2) is 311 Å². The van der Waals surface area contributed by atoms with Gasteiger partial charge in [0.25, 0.3) is 0 Å². The van der Waals surface area contributed by atoms with Crippen molar-refractivity contribution in [2.45, 2.75) is 130 Å². The van der Waals surface area contributed by atoms with Crippen LogP contribution >= 0.6 is 0 Å². The first-order valence-corrected chi connectivity index (χ1v) is 40.3. The van der Waals surface area contributed by atoms with Crippen LogP contribution in [0.15, 0.2) is 0 Å². The molecule has 0 aromatic heterocycles. The lowest BCUT2D eigenvalue weighted by Gasteiger charge is -2.50. The first-order valence-electron chi connectivity index (χ1n) is 22.5. The van der Waals surface area contributed by atoms with Crippen LogP contribution in [0.2, 0.25) is 0 Å². The minimum atomic E-state index is -6.74. The number of ether oxygens (including phenoxy) is 7. The highest BCUT2D eigenvalue weighted by Gasteiger charge is 2.63. The van der Waals surface area contributed by atoms with Crippen molar-refractivity contribution in [3.63, 3.8) is 0 Å². The summed E-state index contributed by atoms with van der Waals surface area (Å²) in [5.41, 5.74) is 0. The topological polar surface area (TPSA) is 891 Å². The SMILES string of the molecule is C[C@H]1O[C@H](O[C@H]2[C@H](OS(=O)(=O)O)[C@@H](OS(=O)(=O)O)[C@H](O[C@H]3[C@H](OS(=O)(=O)O)[C@@H](OS(=O)(=O)O)[C@@H](O[C@H]4O[C@H](COS(=O)(=O)O)[C@@H](OS(=O)(=O)O)[C@H](OS(=O)(=O)O)[C@H]4OS(=O)(=O)O)O[C@@H]3COS(=O)(=O)O)O[C@@H]2COS(=O)(=O)O)[C@H](OS(=O)(=O)O)[C@@H](OS(=O)(=O)O)[C@@H]1OS(=O)(=O)O. The van der Waals surface area contributed by atoms with Gasteiger partial charge in [0, 0.05) is 0 Å². The van der Waals surface area contributed by atoms with Gasteiger partial charge in [0.15, 0.2) is 49.6 Å². The summed E-state index contributed by atoms with van der Waals surface area (Å²) < 4.78 is 534. The maximum absolute atomic E-state index is 12.7. The van der Waals surface area contributed by atoms with Gasteiger partial charge >= 0.3 is 135 Å². The molecule has 4 rings (SSSR count). The third-order valence-corrected chi connectivity index (χ3v) is 16.8. The van der Waals surface area contributed by atoms with E-state index in [0.717, 1.165) is 0 Å². The highest BCUT2D eigenvalue weighted by atomic mass is 32.3. The number of hydrogen-bond acceptors (Lipinski definition) is 46. The third-order valence-electron chi connectivity index (χ3n) is 10.8. The molecule has 0 radical (unpaired) electrons. The summed E-state index contributed by atoms with van der Waals surface area (Å²) in [6, 6.07) is 0. The molecule has 4 aliphatic heterocycles. The van der Waals surface area contributed by atoms with Crippen molar-refractivity contribution in [1.29, 1.82) is 0 Å². The summed E-state index contributed by atoms with van der Waals surface area (Å²) in [7, 11) is -83.0. The molecule has 0 aliphatic carbocycles. The van der Waals surface area contributed by atoms with Crippen LogP contribution in [0.3, 0.4) is 0 Å². The van der Waals surface area contributed by atoms with Gasteiger partial charge in [-0.1, -0.05) is 0 Å². The molecule has 96 heavy (non-hydrogen) atoms. The van der Waals surface area contributed by atoms with Crippen LogP contribution in [0.1, 0.15) is 6.92 Å². The lowest BCUT2D eigenvalue weighted by atomic mass is 9.96. The Balaban J connectivity index is 2.15. The summed E-state index contributed by atoms with van der Waals surface area (Å²) >= 11 is 0. The number of hydrogen-bond donors (Lipinski definition) is 13. The quantitative estimate of drug-likeness (QED) is 0.0262. The fraction of sp³-hybridized carbons (Fsp3) is 1.00. The van der Waals surface area contributed by atoms with Crippen LogP contribution in [0, 0.1) is 0 Å². The first-order chi connectivity index (χ1) is 42.5. The molecule has 570 valence electrons. The summed E-state index contributed by atoms with van der Waals surface area (Å²) in [6.07, 6.45) is -70.1. The zero-order valence-corrected chi connectivity index (χ0v) is 55.2. The Labute approximate surface area is 537 Å². The molecule has 13 N–H and O–H groups in total. The minimum absolute atomic E-state index is 0.473. The average Bonchev–Trinajstić information content (AvgIpc) is 0.754. The minimum Gasteiger partial charge on any atom is -0.344 e. The van der Waals surface area contributed by atoms with Crippen molar-refractivity contribution >= 4 is 135 Å².